The molecular weight excluding hydrogens is 430 g/mol. The monoisotopic (exact) mass is 449 g/mol. The smallest absolute Gasteiger partial charge is 0.261 e. The second-order valence-electron chi connectivity index (χ2n) is 7.78. The van der Waals surface area contributed by atoms with E-state index in [1.54, 1.807) is 18.3 Å². The standard InChI is InChI=1S/C23H20BrN3O2/c1-26(16-7-6-14-12-25-13-21(24)20(14)11-16)15-8-9-17(10-15)27-22(28)18-4-2-3-5-19(18)23(27)29/h2-7,11-13,15,17H,8-10H2,1H3. The predicted octanol–water partition coefficient (Wildman–Crippen LogP) is 4.65. The number of fused-ring (bicyclic) bond motifs is 2. The molecule has 5 nitrogen and oxygen atoms in total. The fraction of sp³-hybridized carbons (Fsp3) is 0.261. The topological polar surface area (TPSA) is 53.5 Å². The molecule has 2 atom stereocenters. The number of anilines is 1. The molecule has 2 aliphatic rings. The number of halogens is 1. The lowest BCUT2D eigenvalue weighted by Gasteiger charge is -2.28. The Morgan fingerprint density at radius 3 is 2.48 bits per heavy atom. The lowest BCUT2D eigenvalue weighted by Crippen LogP contribution is -2.40. The third-order valence-corrected chi connectivity index (χ3v) is 6.85. The van der Waals surface area contributed by atoms with Crippen molar-refractivity contribution < 1.29 is 9.59 Å². The molecule has 0 saturated heterocycles. The molecule has 2 amide bonds. The van der Waals surface area contributed by atoms with Crippen LogP contribution in [0, 0.1) is 0 Å². The van der Waals surface area contributed by atoms with Gasteiger partial charge in [0.25, 0.3) is 11.8 Å². The number of imide groups is 1. The summed E-state index contributed by atoms with van der Waals surface area (Å²) in [5, 5.41) is 2.21. The van der Waals surface area contributed by atoms with Crippen molar-refractivity contribution >= 4 is 44.2 Å². The zero-order chi connectivity index (χ0) is 20.1. The summed E-state index contributed by atoms with van der Waals surface area (Å²) in [6.45, 7) is 0. The van der Waals surface area contributed by atoms with Crippen LogP contribution in [0.15, 0.2) is 59.3 Å². The van der Waals surface area contributed by atoms with Gasteiger partial charge in [-0.15, -0.1) is 0 Å². The fourth-order valence-electron chi connectivity index (χ4n) is 4.61. The van der Waals surface area contributed by atoms with Crippen LogP contribution in [-0.2, 0) is 0 Å². The Bertz CT molecular complexity index is 1110. The number of pyridine rings is 1. The summed E-state index contributed by atoms with van der Waals surface area (Å²) >= 11 is 3.58. The van der Waals surface area contributed by atoms with E-state index in [4.69, 9.17) is 0 Å². The van der Waals surface area contributed by atoms with Gasteiger partial charge in [-0.1, -0.05) is 18.2 Å². The first-order valence-corrected chi connectivity index (χ1v) is 10.6. The van der Waals surface area contributed by atoms with E-state index in [9.17, 15) is 9.59 Å². The summed E-state index contributed by atoms with van der Waals surface area (Å²) in [4.78, 5) is 33.6. The molecule has 0 bridgehead atoms. The predicted molar refractivity (Wildman–Crippen MR) is 116 cm³/mol. The number of hydrogen-bond acceptors (Lipinski definition) is 4. The van der Waals surface area contributed by atoms with E-state index in [0.29, 0.717) is 11.1 Å². The van der Waals surface area contributed by atoms with Gasteiger partial charge >= 0.3 is 0 Å². The van der Waals surface area contributed by atoms with E-state index in [2.05, 4.69) is 51.1 Å². The Morgan fingerprint density at radius 2 is 1.76 bits per heavy atom. The molecule has 1 fully saturated rings. The second-order valence-corrected chi connectivity index (χ2v) is 8.64. The Labute approximate surface area is 177 Å². The maximum atomic E-state index is 12.8. The number of carbonyl (C=O) groups excluding carboxylic acids is 2. The van der Waals surface area contributed by atoms with Gasteiger partial charge in [-0.25, -0.2) is 0 Å². The Morgan fingerprint density at radius 1 is 1.03 bits per heavy atom. The highest BCUT2D eigenvalue weighted by Crippen LogP contribution is 2.36. The molecule has 1 aliphatic heterocycles. The highest BCUT2D eigenvalue weighted by molar-refractivity contribution is 9.10. The summed E-state index contributed by atoms with van der Waals surface area (Å²) in [6, 6.07) is 13.7. The normalized spacial score (nSPS) is 21.1. The van der Waals surface area contributed by atoms with Crippen molar-refractivity contribution in [3.05, 3.63) is 70.5 Å². The molecule has 1 saturated carbocycles. The maximum absolute atomic E-state index is 12.8. The van der Waals surface area contributed by atoms with Gasteiger partial charge in [0.2, 0.25) is 0 Å². The van der Waals surface area contributed by atoms with E-state index < -0.39 is 0 Å². The molecule has 2 unspecified atom stereocenters. The third kappa shape index (κ3) is 2.94. The van der Waals surface area contributed by atoms with Gasteiger partial charge in [0.15, 0.2) is 0 Å². The van der Waals surface area contributed by atoms with Crippen LogP contribution in [0.5, 0.6) is 0 Å². The molecular formula is C23H20BrN3O2. The van der Waals surface area contributed by atoms with E-state index in [0.717, 1.165) is 40.2 Å². The van der Waals surface area contributed by atoms with Crippen molar-refractivity contribution in [3.63, 3.8) is 0 Å². The molecule has 146 valence electrons. The summed E-state index contributed by atoms with van der Waals surface area (Å²) in [7, 11) is 2.09. The van der Waals surface area contributed by atoms with Crippen LogP contribution < -0.4 is 4.90 Å². The minimum atomic E-state index is -0.152. The Balaban J connectivity index is 1.37. The summed E-state index contributed by atoms with van der Waals surface area (Å²) in [5.74, 6) is -0.304. The third-order valence-electron chi connectivity index (χ3n) is 6.22. The minimum Gasteiger partial charge on any atom is -0.372 e. The Kier molecular flexibility index (Phi) is 4.39. The van der Waals surface area contributed by atoms with Gasteiger partial charge in [0.05, 0.1) is 11.1 Å². The number of benzene rings is 2. The van der Waals surface area contributed by atoms with Crippen molar-refractivity contribution in [2.24, 2.45) is 0 Å². The van der Waals surface area contributed by atoms with Crippen LogP contribution in [-0.4, -0.2) is 40.8 Å². The zero-order valence-corrected chi connectivity index (χ0v) is 17.6. The molecule has 2 heterocycles. The van der Waals surface area contributed by atoms with Crippen LogP contribution in [0.1, 0.15) is 40.0 Å². The lowest BCUT2D eigenvalue weighted by atomic mass is 10.1. The molecule has 29 heavy (non-hydrogen) atoms. The molecule has 5 rings (SSSR count). The first-order valence-electron chi connectivity index (χ1n) is 9.77. The lowest BCUT2D eigenvalue weighted by molar-refractivity contribution is 0.0587. The van der Waals surface area contributed by atoms with Crippen LogP contribution in [0.3, 0.4) is 0 Å². The van der Waals surface area contributed by atoms with E-state index >= 15 is 0 Å². The van der Waals surface area contributed by atoms with Crippen LogP contribution in [0.2, 0.25) is 0 Å². The van der Waals surface area contributed by atoms with E-state index in [-0.39, 0.29) is 23.9 Å². The summed E-state index contributed by atoms with van der Waals surface area (Å²) in [5.41, 5.74) is 2.18. The molecule has 1 aliphatic carbocycles. The zero-order valence-electron chi connectivity index (χ0n) is 16.0. The van der Waals surface area contributed by atoms with Crippen LogP contribution in [0.25, 0.3) is 10.8 Å². The number of amides is 2. The van der Waals surface area contributed by atoms with E-state index in [1.807, 2.05) is 18.3 Å². The summed E-state index contributed by atoms with van der Waals surface area (Å²) in [6.07, 6.45) is 6.24. The molecule has 0 radical (unpaired) electrons. The first kappa shape index (κ1) is 18.3. The summed E-state index contributed by atoms with van der Waals surface area (Å²) < 4.78 is 0.973. The molecule has 6 heteroatoms. The highest BCUT2D eigenvalue weighted by atomic mass is 79.9. The molecule has 3 aromatic rings. The van der Waals surface area contributed by atoms with E-state index in [1.165, 1.54) is 4.90 Å². The number of aromatic nitrogens is 1. The largest absolute Gasteiger partial charge is 0.372 e. The van der Waals surface area contributed by atoms with Crippen LogP contribution in [0.4, 0.5) is 5.69 Å². The number of rotatable bonds is 3. The van der Waals surface area contributed by atoms with Crippen LogP contribution >= 0.6 is 15.9 Å². The highest BCUT2D eigenvalue weighted by Gasteiger charge is 2.43. The maximum Gasteiger partial charge on any atom is 0.261 e. The van der Waals surface area contributed by atoms with Crippen molar-refractivity contribution in [3.8, 4) is 0 Å². The van der Waals surface area contributed by atoms with Gasteiger partial charge in [-0.2, -0.15) is 0 Å². The van der Waals surface area contributed by atoms with Crippen molar-refractivity contribution in [1.82, 2.24) is 9.88 Å². The average Bonchev–Trinajstić information content (AvgIpc) is 3.31. The van der Waals surface area contributed by atoms with Crippen molar-refractivity contribution in [2.75, 3.05) is 11.9 Å². The van der Waals surface area contributed by atoms with Gasteiger partial charge in [-0.3, -0.25) is 19.5 Å². The van der Waals surface area contributed by atoms with Gasteiger partial charge in [0, 0.05) is 52.5 Å². The second kappa shape index (κ2) is 6.95. The average molecular weight is 450 g/mol. The van der Waals surface area contributed by atoms with Gasteiger partial charge < -0.3 is 4.90 Å². The molecule has 0 N–H and O–H groups in total. The van der Waals surface area contributed by atoms with Gasteiger partial charge in [0.1, 0.15) is 0 Å². The SMILES string of the molecule is CN(c1ccc2cncc(Br)c2c1)C1CCC(N2C(=O)c3ccccc3C2=O)C1. The van der Waals surface area contributed by atoms with Crippen molar-refractivity contribution in [2.45, 2.75) is 31.3 Å². The van der Waals surface area contributed by atoms with Gasteiger partial charge in [-0.05, 0) is 59.5 Å². The number of nitrogens with zero attached hydrogens (tertiary/aromatic N) is 3. The first-order chi connectivity index (χ1) is 14.0. The molecule has 1 aromatic heterocycles. The quantitative estimate of drug-likeness (QED) is 0.546. The number of hydrogen-bond donors (Lipinski definition) is 0. The fourth-order valence-corrected chi connectivity index (χ4v) is 5.07. The molecule has 2 aromatic carbocycles. The number of carbonyl (C=O) groups is 2. The minimum absolute atomic E-state index is 0.0498. The van der Waals surface area contributed by atoms with Crippen molar-refractivity contribution in [1.29, 1.82) is 0 Å². The molecule has 0 spiro atoms. The Hall–Kier alpha value is -2.73.